The topological polar surface area (TPSA) is 88.4 Å². The normalized spacial score (nSPS) is 22.2. The fraction of sp³-hybridized carbons (Fsp3) is 0.500. The number of nitrogens with one attached hydrogen (secondary N) is 1. The minimum absolute atomic E-state index is 0.147. The Bertz CT molecular complexity index is 579. The molecule has 0 spiro atoms. The molecule has 1 aliphatic carbocycles. The number of amides is 1. The maximum absolute atomic E-state index is 12.1. The third kappa shape index (κ3) is 3.26. The smallest absolute Gasteiger partial charge is 0.306 e. The lowest BCUT2D eigenvalue weighted by molar-refractivity contribution is -0.143. The Hall–Kier alpha value is -2.11. The molecule has 1 aliphatic rings. The summed E-state index contributed by atoms with van der Waals surface area (Å²) >= 11 is 0. The molecule has 1 aromatic rings. The van der Waals surface area contributed by atoms with Gasteiger partial charge in [0.1, 0.15) is 0 Å². The van der Waals surface area contributed by atoms with Crippen molar-refractivity contribution in [1.29, 1.82) is 0 Å². The van der Waals surface area contributed by atoms with Gasteiger partial charge in [0, 0.05) is 25.2 Å². The van der Waals surface area contributed by atoms with Gasteiger partial charge < -0.3 is 15.0 Å². The van der Waals surface area contributed by atoms with Crippen molar-refractivity contribution in [3.05, 3.63) is 28.7 Å². The number of aliphatic carboxylic acids is 1. The van der Waals surface area contributed by atoms with Crippen LogP contribution in [0.3, 0.4) is 0 Å². The molecular formula is C14H18N2O4. The molecule has 0 radical (unpaired) electrons. The van der Waals surface area contributed by atoms with Crippen molar-refractivity contribution in [1.82, 2.24) is 4.57 Å². The van der Waals surface area contributed by atoms with Crippen molar-refractivity contribution >= 4 is 17.6 Å². The average Bonchev–Trinajstić information content (AvgIpc) is 2.43. The Kier molecular flexibility index (Phi) is 4.22. The number of hydrogen-bond acceptors (Lipinski definition) is 3. The second-order valence-corrected chi connectivity index (χ2v) is 5.25. The van der Waals surface area contributed by atoms with Crippen LogP contribution < -0.4 is 10.9 Å². The molecule has 1 fully saturated rings. The van der Waals surface area contributed by atoms with Crippen LogP contribution in [0.5, 0.6) is 0 Å². The lowest BCUT2D eigenvalue weighted by atomic mass is 9.81. The van der Waals surface area contributed by atoms with Crippen molar-refractivity contribution in [2.75, 3.05) is 5.32 Å². The van der Waals surface area contributed by atoms with E-state index < -0.39 is 11.9 Å². The van der Waals surface area contributed by atoms with Gasteiger partial charge in [-0.15, -0.1) is 0 Å². The molecule has 2 rings (SSSR count). The van der Waals surface area contributed by atoms with Crippen molar-refractivity contribution in [2.45, 2.75) is 25.7 Å². The standard InChI is InChI=1S/C14H18N2O4/c1-16-8-11(5-6-12(16)17)15-13(18)9-3-2-4-10(7-9)14(19)20/h5-6,8-10H,2-4,7H2,1H3,(H,15,18)(H,19,20). The maximum atomic E-state index is 12.1. The summed E-state index contributed by atoms with van der Waals surface area (Å²) in [5, 5.41) is 11.8. The number of aromatic nitrogens is 1. The van der Waals surface area contributed by atoms with Gasteiger partial charge in [-0.25, -0.2) is 0 Å². The number of anilines is 1. The van der Waals surface area contributed by atoms with Crippen molar-refractivity contribution in [2.24, 2.45) is 18.9 Å². The highest BCUT2D eigenvalue weighted by Gasteiger charge is 2.31. The van der Waals surface area contributed by atoms with Crippen molar-refractivity contribution < 1.29 is 14.7 Å². The zero-order chi connectivity index (χ0) is 14.7. The summed E-state index contributed by atoms with van der Waals surface area (Å²) in [6.07, 6.45) is 4.04. The lowest BCUT2D eigenvalue weighted by Crippen LogP contribution is -2.31. The lowest BCUT2D eigenvalue weighted by Gasteiger charge is -2.25. The summed E-state index contributed by atoms with van der Waals surface area (Å²) in [5.74, 6) is -1.71. The molecule has 2 atom stereocenters. The van der Waals surface area contributed by atoms with E-state index in [2.05, 4.69) is 5.32 Å². The van der Waals surface area contributed by atoms with Crippen LogP contribution in [0.1, 0.15) is 25.7 Å². The number of aryl methyl sites for hydroxylation is 1. The Morgan fingerprint density at radius 3 is 2.65 bits per heavy atom. The van der Waals surface area contributed by atoms with E-state index in [4.69, 9.17) is 5.11 Å². The first kappa shape index (κ1) is 14.3. The summed E-state index contributed by atoms with van der Waals surface area (Å²) in [6.45, 7) is 0. The summed E-state index contributed by atoms with van der Waals surface area (Å²) in [6, 6.07) is 2.94. The first-order valence-corrected chi connectivity index (χ1v) is 6.67. The Balaban J connectivity index is 2.02. The van der Waals surface area contributed by atoms with Gasteiger partial charge in [0.2, 0.25) is 11.5 Å². The highest BCUT2D eigenvalue weighted by Crippen LogP contribution is 2.30. The Morgan fingerprint density at radius 2 is 2.00 bits per heavy atom. The van der Waals surface area contributed by atoms with Gasteiger partial charge in [0.25, 0.3) is 0 Å². The van der Waals surface area contributed by atoms with Gasteiger partial charge >= 0.3 is 5.97 Å². The summed E-state index contributed by atoms with van der Waals surface area (Å²) < 4.78 is 1.39. The number of nitrogens with zero attached hydrogens (tertiary/aromatic N) is 1. The fourth-order valence-electron chi connectivity index (χ4n) is 2.56. The molecular weight excluding hydrogens is 260 g/mol. The molecule has 0 saturated heterocycles. The summed E-state index contributed by atoms with van der Waals surface area (Å²) in [7, 11) is 1.61. The predicted molar refractivity (Wildman–Crippen MR) is 73.4 cm³/mol. The van der Waals surface area contributed by atoms with E-state index in [1.165, 1.54) is 10.6 Å². The number of hydrogen-bond donors (Lipinski definition) is 2. The molecule has 0 aliphatic heterocycles. The Morgan fingerprint density at radius 1 is 1.30 bits per heavy atom. The quantitative estimate of drug-likeness (QED) is 0.870. The van der Waals surface area contributed by atoms with Crippen molar-refractivity contribution in [3.8, 4) is 0 Å². The van der Waals surface area contributed by atoms with E-state index in [0.29, 0.717) is 24.9 Å². The molecule has 1 heterocycles. The van der Waals surface area contributed by atoms with Crippen LogP contribution in [0.25, 0.3) is 0 Å². The Labute approximate surface area is 116 Å². The molecule has 2 unspecified atom stereocenters. The molecule has 0 bridgehead atoms. The molecule has 1 amide bonds. The van der Waals surface area contributed by atoms with E-state index in [0.717, 1.165) is 6.42 Å². The van der Waals surface area contributed by atoms with Gasteiger partial charge in [0.05, 0.1) is 11.6 Å². The number of carboxylic acids is 1. The van der Waals surface area contributed by atoms with Gasteiger partial charge in [-0.3, -0.25) is 14.4 Å². The largest absolute Gasteiger partial charge is 0.481 e. The molecule has 6 heteroatoms. The van der Waals surface area contributed by atoms with Gasteiger partial charge in [-0.2, -0.15) is 0 Å². The monoisotopic (exact) mass is 278 g/mol. The predicted octanol–water partition coefficient (Wildman–Crippen LogP) is 1.21. The van der Waals surface area contributed by atoms with E-state index in [1.54, 1.807) is 19.3 Å². The minimum Gasteiger partial charge on any atom is -0.481 e. The van der Waals surface area contributed by atoms with E-state index in [9.17, 15) is 14.4 Å². The van der Waals surface area contributed by atoms with Gasteiger partial charge in [-0.05, 0) is 25.3 Å². The van der Waals surface area contributed by atoms with Crippen LogP contribution in [0.15, 0.2) is 23.1 Å². The van der Waals surface area contributed by atoms with Crippen LogP contribution in [0.2, 0.25) is 0 Å². The molecule has 2 N–H and O–H groups in total. The van der Waals surface area contributed by atoms with Crippen LogP contribution >= 0.6 is 0 Å². The van der Waals surface area contributed by atoms with E-state index in [1.807, 2.05) is 0 Å². The van der Waals surface area contributed by atoms with Crippen LogP contribution in [-0.2, 0) is 16.6 Å². The van der Waals surface area contributed by atoms with E-state index >= 15 is 0 Å². The zero-order valence-corrected chi connectivity index (χ0v) is 11.3. The SMILES string of the molecule is Cn1cc(NC(=O)C2CCCC(C(=O)O)C2)ccc1=O. The van der Waals surface area contributed by atoms with Crippen LogP contribution in [0.4, 0.5) is 5.69 Å². The first-order valence-electron chi connectivity index (χ1n) is 6.67. The second kappa shape index (κ2) is 5.90. The summed E-state index contributed by atoms with van der Waals surface area (Å²) in [4.78, 5) is 34.4. The number of rotatable bonds is 3. The highest BCUT2D eigenvalue weighted by atomic mass is 16.4. The first-order chi connectivity index (χ1) is 9.47. The number of pyridine rings is 1. The molecule has 20 heavy (non-hydrogen) atoms. The third-order valence-corrected chi connectivity index (χ3v) is 3.75. The molecule has 1 aromatic heterocycles. The number of carbonyl (C=O) groups excluding carboxylic acids is 1. The molecule has 6 nitrogen and oxygen atoms in total. The van der Waals surface area contributed by atoms with Crippen LogP contribution in [0, 0.1) is 11.8 Å². The molecule has 108 valence electrons. The second-order valence-electron chi connectivity index (χ2n) is 5.25. The highest BCUT2D eigenvalue weighted by molar-refractivity contribution is 5.92. The van der Waals surface area contributed by atoms with Crippen LogP contribution in [-0.4, -0.2) is 21.6 Å². The van der Waals surface area contributed by atoms with Gasteiger partial charge in [0.15, 0.2) is 0 Å². The fourth-order valence-corrected chi connectivity index (χ4v) is 2.56. The number of carboxylic acid groups (broad SMARTS) is 1. The van der Waals surface area contributed by atoms with Crippen molar-refractivity contribution in [3.63, 3.8) is 0 Å². The zero-order valence-electron chi connectivity index (χ0n) is 11.3. The molecule has 1 saturated carbocycles. The molecule has 0 aromatic carbocycles. The summed E-state index contributed by atoms with van der Waals surface area (Å²) in [5.41, 5.74) is 0.404. The van der Waals surface area contributed by atoms with E-state index in [-0.39, 0.29) is 17.4 Å². The number of carbonyl (C=O) groups is 2. The van der Waals surface area contributed by atoms with Gasteiger partial charge in [-0.1, -0.05) is 6.42 Å². The maximum Gasteiger partial charge on any atom is 0.306 e. The third-order valence-electron chi connectivity index (χ3n) is 3.75. The minimum atomic E-state index is -0.829. The average molecular weight is 278 g/mol.